The highest BCUT2D eigenvalue weighted by molar-refractivity contribution is 9.10. The molecule has 0 bridgehead atoms. The first-order valence-electron chi connectivity index (χ1n) is 4.92. The number of aliphatic hydroxyl groups is 1. The third-order valence-electron chi connectivity index (χ3n) is 2.00. The van der Waals surface area contributed by atoms with Crippen molar-refractivity contribution < 1.29 is 9.84 Å². The molecule has 0 radical (unpaired) electrons. The average molecular weight is 274 g/mol. The molecule has 0 atom stereocenters. The molecule has 0 saturated heterocycles. The van der Waals surface area contributed by atoms with Crippen LogP contribution in [0.4, 0.5) is 5.69 Å². The second-order valence-corrected chi connectivity index (χ2v) is 4.14. The van der Waals surface area contributed by atoms with Gasteiger partial charge in [0.2, 0.25) is 0 Å². The van der Waals surface area contributed by atoms with E-state index in [0.717, 1.165) is 16.7 Å². The van der Waals surface area contributed by atoms with Crippen molar-refractivity contribution in [1.82, 2.24) is 0 Å². The van der Waals surface area contributed by atoms with Crippen molar-refractivity contribution in [2.45, 2.75) is 6.92 Å². The number of hydrogen-bond donors (Lipinski definition) is 2. The maximum absolute atomic E-state index is 8.51. The summed E-state index contributed by atoms with van der Waals surface area (Å²) in [5, 5.41) is 11.8. The van der Waals surface area contributed by atoms with E-state index in [2.05, 4.69) is 34.2 Å². The Morgan fingerprint density at radius 1 is 1.40 bits per heavy atom. The highest BCUT2D eigenvalue weighted by Crippen LogP contribution is 2.20. The van der Waals surface area contributed by atoms with Gasteiger partial charge in [0.1, 0.15) is 0 Å². The highest BCUT2D eigenvalue weighted by atomic mass is 79.9. The summed E-state index contributed by atoms with van der Waals surface area (Å²) in [6.07, 6.45) is 0. The Hall–Kier alpha value is -0.580. The lowest BCUT2D eigenvalue weighted by Gasteiger charge is -2.09. The lowest BCUT2D eigenvalue weighted by Crippen LogP contribution is -2.11. The maximum atomic E-state index is 8.51. The lowest BCUT2D eigenvalue weighted by atomic mass is 10.2. The van der Waals surface area contributed by atoms with Crippen molar-refractivity contribution in [3.05, 3.63) is 28.2 Å². The Bertz CT molecular complexity index is 305. The van der Waals surface area contributed by atoms with E-state index in [9.17, 15) is 0 Å². The zero-order chi connectivity index (χ0) is 11.1. The second kappa shape index (κ2) is 6.82. The molecular weight excluding hydrogens is 258 g/mol. The molecular formula is C11H16BrNO2. The molecule has 0 fully saturated rings. The van der Waals surface area contributed by atoms with Crippen molar-refractivity contribution in [2.24, 2.45) is 0 Å². The van der Waals surface area contributed by atoms with Crippen LogP contribution in [0.5, 0.6) is 0 Å². The topological polar surface area (TPSA) is 41.5 Å². The Balaban J connectivity index is 2.33. The van der Waals surface area contributed by atoms with Crippen molar-refractivity contribution in [3.63, 3.8) is 0 Å². The molecule has 1 rings (SSSR count). The summed E-state index contributed by atoms with van der Waals surface area (Å²) in [6.45, 7) is 3.89. The molecule has 0 aliphatic heterocycles. The Morgan fingerprint density at radius 3 is 2.93 bits per heavy atom. The summed E-state index contributed by atoms with van der Waals surface area (Å²) < 4.78 is 6.21. The Morgan fingerprint density at radius 2 is 2.20 bits per heavy atom. The molecule has 0 aliphatic rings. The van der Waals surface area contributed by atoms with E-state index >= 15 is 0 Å². The molecule has 4 heteroatoms. The van der Waals surface area contributed by atoms with E-state index in [-0.39, 0.29) is 6.61 Å². The molecule has 2 N–H and O–H groups in total. The minimum absolute atomic E-state index is 0.0793. The van der Waals surface area contributed by atoms with Gasteiger partial charge in [-0.1, -0.05) is 22.0 Å². The Labute approximate surface area is 98.6 Å². The summed E-state index contributed by atoms with van der Waals surface area (Å²) in [5.74, 6) is 0. The SMILES string of the molecule is Cc1ccc(Br)cc1NCCOCCO. The molecule has 0 spiro atoms. The minimum atomic E-state index is 0.0793. The zero-order valence-corrected chi connectivity index (χ0v) is 10.4. The smallest absolute Gasteiger partial charge is 0.0698 e. The number of aliphatic hydroxyl groups excluding tert-OH is 1. The van der Waals surface area contributed by atoms with Gasteiger partial charge in [-0.15, -0.1) is 0 Å². The van der Waals surface area contributed by atoms with Gasteiger partial charge in [-0.05, 0) is 24.6 Å². The first-order valence-corrected chi connectivity index (χ1v) is 5.72. The summed E-state index contributed by atoms with van der Waals surface area (Å²) in [6, 6.07) is 6.12. The fourth-order valence-corrected chi connectivity index (χ4v) is 1.57. The van der Waals surface area contributed by atoms with Gasteiger partial charge in [0.25, 0.3) is 0 Å². The van der Waals surface area contributed by atoms with E-state index in [0.29, 0.717) is 13.2 Å². The van der Waals surface area contributed by atoms with Crippen molar-refractivity contribution >= 4 is 21.6 Å². The van der Waals surface area contributed by atoms with Gasteiger partial charge in [-0.3, -0.25) is 0 Å². The van der Waals surface area contributed by atoms with Gasteiger partial charge in [-0.25, -0.2) is 0 Å². The molecule has 0 amide bonds. The summed E-state index contributed by atoms with van der Waals surface area (Å²) in [7, 11) is 0. The molecule has 15 heavy (non-hydrogen) atoms. The van der Waals surface area contributed by atoms with Crippen molar-refractivity contribution in [3.8, 4) is 0 Å². The van der Waals surface area contributed by atoms with E-state index in [1.807, 2.05) is 12.1 Å². The van der Waals surface area contributed by atoms with Crippen LogP contribution >= 0.6 is 15.9 Å². The zero-order valence-electron chi connectivity index (χ0n) is 8.79. The van der Waals surface area contributed by atoms with Crippen LogP contribution < -0.4 is 5.32 Å². The fraction of sp³-hybridized carbons (Fsp3) is 0.455. The molecule has 1 aromatic rings. The quantitative estimate of drug-likeness (QED) is 0.781. The monoisotopic (exact) mass is 273 g/mol. The maximum Gasteiger partial charge on any atom is 0.0698 e. The van der Waals surface area contributed by atoms with Crippen LogP contribution in [-0.2, 0) is 4.74 Å². The number of hydrogen-bond acceptors (Lipinski definition) is 3. The standard InChI is InChI=1S/C11H16BrNO2/c1-9-2-3-10(12)8-11(9)13-4-6-15-7-5-14/h2-3,8,13-14H,4-7H2,1H3. The highest BCUT2D eigenvalue weighted by Gasteiger charge is 1.97. The number of benzene rings is 1. The predicted octanol–water partition coefficient (Wildman–Crippen LogP) is 2.18. The average Bonchev–Trinajstić information content (AvgIpc) is 2.23. The van der Waals surface area contributed by atoms with Gasteiger partial charge in [-0.2, -0.15) is 0 Å². The first kappa shape index (κ1) is 12.5. The Kier molecular flexibility index (Phi) is 5.68. The van der Waals surface area contributed by atoms with Crippen molar-refractivity contribution in [2.75, 3.05) is 31.7 Å². The summed E-state index contributed by atoms with van der Waals surface area (Å²) in [4.78, 5) is 0. The van der Waals surface area contributed by atoms with Crippen LogP contribution in [0, 0.1) is 6.92 Å². The lowest BCUT2D eigenvalue weighted by molar-refractivity contribution is 0.0992. The molecule has 0 heterocycles. The normalized spacial score (nSPS) is 10.3. The van der Waals surface area contributed by atoms with Gasteiger partial charge < -0.3 is 15.2 Å². The van der Waals surface area contributed by atoms with Crippen molar-refractivity contribution in [1.29, 1.82) is 0 Å². The van der Waals surface area contributed by atoms with Crippen LogP contribution in [0.1, 0.15) is 5.56 Å². The third-order valence-corrected chi connectivity index (χ3v) is 2.49. The van der Waals surface area contributed by atoms with Gasteiger partial charge in [0.15, 0.2) is 0 Å². The minimum Gasteiger partial charge on any atom is -0.394 e. The number of ether oxygens (including phenoxy) is 1. The number of rotatable bonds is 6. The van der Waals surface area contributed by atoms with Crippen LogP contribution in [0.2, 0.25) is 0 Å². The molecule has 0 aromatic heterocycles. The second-order valence-electron chi connectivity index (χ2n) is 3.22. The van der Waals surface area contributed by atoms with Gasteiger partial charge >= 0.3 is 0 Å². The number of halogens is 1. The summed E-state index contributed by atoms with van der Waals surface area (Å²) >= 11 is 3.43. The molecule has 0 aliphatic carbocycles. The molecule has 0 unspecified atom stereocenters. The number of nitrogens with one attached hydrogen (secondary N) is 1. The van der Waals surface area contributed by atoms with Crippen LogP contribution in [-0.4, -0.2) is 31.5 Å². The largest absolute Gasteiger partial charge is 0.394 e. The predicted molar refractivity (Wildman–Crippen MR) is 65.3 cm³/mol. The van der Waals surface area contributed by atoms with E-state index in [4.69, 9.17) is 9.84 Å². The van der Waals surface area contributed by atoms with Gasteiger partial charge in [0, 0.05) is 16.7 Å². The van der Waals surface area contributed by atoms with Crippen LogP contribution in [0.25, 0.3) is 0 Å². The first-order chi connectivity index (χ1) is 7.24. The molecule has 3 nitrogen and oxygen atoms in total. The number of aryl methyl sites for hydroxylation is 1. The molecule has 84 valence electrons. The van der Waals surface area contributed by atoms with Crippen LogP contribution in [0.15, 0.2) is 22.7 Å². The van der Waals surface area contributed by atoms with E-state index in [1.54, 1.807) is 0 Å². The molecule has 0 saturated carbocycles. The molecule has 1 aromatic carbocycles. The summed E-state index contributed by atoms with van der Waals surface area (Å²) in [5.41, 5.74) is 2.32. The van der Waals surface area contributed by atoms with E-state index in [1.165, 1.54) is 5.56 Å². The van der Waals surface area contributed by atoms with Crippen LogP contribution in [0.3, 0.4) is 0 Å². The third kappa shape index (κ3) is 4.64. The fourth-order valence-electron chi connectivity index (χ4n) is 1.21. The number of anilines is 1. The van der Waals surface area contributed by atoms with E-state index < -0.39 is 0 Å². The van der Waals surface area contributed by atoms with Gasteiger partial charge in [0.05, 0.1) is 19.8 Å².